The number of likely N-dealkylation sites (N-methyl/N-ethyl adjacent to an activating group) is 1. The molecule has 0 N–H and O–H groups in total. The van der Waals surface area contributed by atoms with E-state index in [0.717, 1.165) is 0 Å². The predicted octanol–water partition coefficient (Wildman–Crippen LogP) is 2.16. The number of rotatable bonds is 5. The molecule has 0 saturated carbocycles. The average molecular weight is 267 g/mol. The maximum atomic E-state index is 13.0. The molecule has 0 aromatic heterocycles. The molecule has 0 atom stereocenters. The molecule has 1 amide bonds. The number of nitrogens with zero attached hydrogens (tertiary/aromatic N) is 1. The van der Waals surface area contributed by atoms with E-state index in [1.54, 1.807) is 20.8 Å². The zero-order valence-corrected chi connectivity index (χ0v) is 11.4. The van der Waals surface area contributed by atoms with Crippen LogP contribution in [-0.2, 0) is 9.53 Å². The second kappa shape index (κ2) is 6.87. The van der Waals surface area contributed by atoms with Crippen LogP contribution in [0, 0.1) is 12.7 Å². The molecule has 0 fully saturated rings. The summed E-state index contributed by atoms with van der Waals surface area (Å²) in [5.74, 6) is -1.13. The van der Waals surface area contributed by atoms with Crippen molar-refractivity contribution < 1.29 is 18.7 Å². The topological polar surface area (TPSA) is 46.6 Å². The molecule has 0 aliphatic rings. The van der Waals surface area contributed by atoms with Gasteiger partial charge in [-0.25, -0.2) is 4.39 Å². The minimum atomic E-state index is -0.447. The fraction of sp³-hybridized carbons (Fsp3) is 0.429. The lowest BCUT2D eigenvalue weighted by Crippen LogP contribution is -2.36. The Kier molecular flexibility index (Phi) is 5.48. The predicted molar refractivity (Wildman–Crippen MR) is 69.3 cm³/mol. The second-order valence-corrected chi connectivity index (χ2v) is 4.08. The maximum Gasteiger partial charge on any atom is 0.325 e. The number of hydrogen-bond acceptors (Lipinski definition) is 3. The van der Waals surface area contributed by atoms with Crippen LogP contribution in [0.5, 0.6) is 0 Å². The zero-order chi connectivity index (χ0) is 14.4. The summed E-state index contributed by atoms with van der Waals surface area (Å²) >= 11 is 0. The highest BCUT2D eigenvalue weighted by molar-refractivity contribution is 5.97. The summed E-state index contributed by atoms with van der Waals surface area (Å²) in [6.45, 7) is 5.71. The monoisotopic (exact) mass is 267 g/mol. The van der Waals surface area contributed by atoms with Crippen LogP contribution < -0.4 is 0 Å². The number of hydrogen-bond donors (Lipinski definition) is 0. The van der Waals surface area contributed by atoms with Crippen molar-refractivity contribution in [3.63, 3.8) is 0 Å². The first-order valence-corrected chi connectivity index (χ1v) is 6.20. The van der Waals surface area contributed by atoms with Crippen LogP contribution in [0.1, 0.15) is 29.8 Å². The summed E-state index contributed by atoms with van der Waals surface area (Å²) < 4.78 is 17.8. The number of benzene rings is 1. The first kappa shape index (κ1) is 15.1. The maximum absolute atomic E-state index is 13.0. The van der Waals surface area contributed by atoms with Crippen LogP contribution >= 0.6 is 0 Å². The van der Waals surface area contributed by atoms with Crippen molar-refractivity contribution in [2.75, 3.05) is 19.7 Å². The van der Waals surface area contributed by atoms with Crippen molar-refractivity contribution >= 4 is 11.9 Å². The van der Waals surface area contributed by atoms with Crippen molar-refractivity contribution in [2.24, 2.45) is 0 Å². The van der Waals surface area contributed by atoms with E-state index in [0.29, 0.717) is 17.7 Å². The van der Waals surface area contributed by atoms with Crippen LogP contribution in [-0.4, -0.2) is 36.5 Å². The molecule has 0 saturated heterocycles. The Hall–Kier alpha value is -1.91. The second-order valence-electron chi connectivity index (χ2n) is 4.08. The summed E-state index contributed by atoms with van der Waals surface area (Å²) in [5, 5.41) is 0. The molecular formula is C14H18FNO3. The number of halogens is 1. The lowest BCUT2D eigenvalue weighted by atomic mass is 10.1. The molecule has 1 aromatic carbocycles. The summed E-state index contributed by atoms with van der Waals surface area (Å²) in [6, 6.07) is 3.96. The number of aryl methyl sites for hydroxylation is 1. The van der Waals surface area contributed by atoms with Crippen LogP contribution in [0.25, 0.3) is 0 Å². The molecule has 0 aliphatic carbocycles. The van der Waals surface area contributed by atoms with Gasteiger partial charge < -0.3 is 9.64 Å². The molecule has 0 radical (unpaired) electrons. The largest absolute Gasteiger partial charge is 0.465 e. The Morgan fingerprint density at radius 2 is 2.00 bits per heavy atom. The highest BCUT2D eigenvalue weighted by atomic mass is 19.1. The number of amides is 1. The van der Waals surface area contributed by atoms with E-state index >= 15 is 0 Å². The minimum absolute atomic E-state index is 0.0972. The molecule has 0 heterocycles. The average Bonchev–Trinajstić information content (AvgIpc) is 2.35. The van der Waals surface area contributed by atoms with E-state index in [9.17, 15) is 14.0 Å². The van der Waals surface area contributed by atoms with E-state index in [2.05, 4.69) is 0 Å². The quantitative estimate of drug-likeness (QED) is 0.768. The number of ether oxygens (including phenoxy) is 1. The first-order valence-electron chi connectivity index (χ1n) is 6.20. The summed E-state index contributed by atoms with van der Waals surface area (Å²) in [4.78, 5) is 25.0. The van der Waals surface area contributed by atoms with E-state index in [4.69, 9.17) is 4.74 Å². The molecule has 0 aliphatic heterocycles. The summed E-state index contributed by atoms with van der Waals surface area (Å²) in [5.41, 5.74) is 0.944. The van der Waals surface area contributed by atoms with Gasteiger partial charge >= 0.3 is 5.97 Å². The third-order valence-electron chi connectivity index (χ3n) is 2.71. The Balaban J connectivity index is 2.86. The van der Waals surface area contributed by atoms with Gasteiger partial charge in [0.25, 0.3) is 5.91 Å². The van der Waals surface area contributed by atoms with Crippen molar-refractivity contribution in [3.8, 4) is 0 Å². The number of esters is 1. The Morgan fingerprint density at radius 1 is 1.32 bits per heavy atom. The van der Waals surface area contributed by atoms with Crippen LogP contribution in [0.2, 0.25) is 0 Å². The SMILES string of the molecule is CCOC(=O)CN(CC)C(=O)c1ccc(F)cc1C. The fourth-order valence-corrected chi connectivity index (χ4v) is 1.73. The lowest BCUT2D eigenvalue weighted by molar-refractivity contribution is -0.143. The van der Waals surface area contributed by atoms with Crippen LogP contribution in [0.15, 0.2) is 18.2 Å². The smallest absolute Gasteiger partial charge is 0.325 e. The molecule has 0 unspecified atom stereocenters. The van der Waals surface area contributed by atoms with Gasteiger partial charge in [0, 0.05) is 12.1 Å². The Labute approximate surface area is 112 Å². The Bertz CT molecular complexity index is 474. The molecule has 1 aromatic rings. The third kappa shape index (κ3) is 4.05. The molecule has 0 bridgehead atoms. The Morgan fingerprint density at radius 3 is 2.53 bits per heavy atom. The molecular weight excluding hydrogens is 249 g/mol. The van der Waals surface area contributed by atoms with Gasteiger partial charge in [-0.3, -0.25) is 9.59 Å². The molecule has 5 heteroatoms. The van der Waals surface area contributed by atoms with Crippen molar-refractivity contribution in [1.82, 2.24) is 4.90 Å². The van der Waals surface area contributed by atoms with Crippen LogP contribution in [0.4, 0.5) is 4.39 Å². The number of carbonyl (C=O) groups is 2. The van der Waals surface area contributed by atoms with E-state index in [1.165, 1.54) is 23.1 Å². The van der Waals surface area contributed by atoms with Crippen molar-refractivity contribution in [3.05, 3.63) is 35.1 Å². The lowest BCUT2D eigenvalue weighted by Gasteiger charge is -2.20. The normalized spacial score (nSPS) is 10.1. The van der Waals surface area contributed by atoms with Crippen LogP contribution in [0.3, 0.4) is 0 Å². The van der Waals surface area contributed by atoms with E-state index in [1.807, 2.05) is 0 Å². The van der Waals surface area contributed by atoms with Gasteiger partial charge in [-0.2, -0.15) is 0 Å². The van der Waals surface area contributed by atoms with Crippen molar-refractivity contribution in [2.45, 2.75) is 20.8 Å². The van der Waals surface area contributed by atoms with Gasteiger partial charge in [0.1, 0.15) is 12.4 Å². The molecule has 4 nitrogen and oxygen atoms in total. The fourth-order valence-electron chi connectivity index (χ4n) is 1.73. The molecule has 0 spiro atoms. The minimum Gasteiger partial charge on any atom is -0.465 e. The van der Waals surface area contributed by atoms with Gasteiger partial charge in [-0.15, -0.1) is 0 Å². The zero-order valence-electron chi connectivity index (χ0n) is 11.4. The van der Waals surface area contributed by atoms with E-state index < -0.39 is 5.97 Å². The highest BCUT2D eigenvalue weighted by Gasteiger charge is 2.19. The van der Waals surface area contributed by atoms with Gasteiger partial charge in [0.05, 0.1) is 6.61 Å². The van der Waals surface area contributed by atoms with Gasteiger partial charge in [0.2, 0.25) is 0 Å². The van der Waals surface area contributed by atoms with Gasteiger partial charge in [0.15, 0.2) is 0 Å². The highest BCUT2D eigenvalue weighted by Crippen LogP contribution is 2.13. The third-order valence-corrected chi connectivity index (χ3v) is 2.71. The molecule has 104 valence electrons. The molecule has 19 heavy (non-hydrogen) atoms. The van der Waals surface area contributed by atoms with Gasteiger partial charge in [-0.1, -0.05) is 0 Å². The van der Waals surface area contributed by atoms with Gasteiger partial charge in [-0.05, 0) is 44.5 Å². The number of carbonyl (C=O) groups excluding carboxylic acids is 2. The van der Waals surface area contributed by atoms with E-state index in [-0.39, 0.29) is 24.9 Å². The summed E-state index contributed by atoms with van der Waals surface area (Å²) in [6.07, 6.45) is 0. The molecule has 1 rings (SSSR count). The standard InChI is InChI=1S/C14H18FNO3/c1-4-16(9-13(17)19-5-2)14(18)12-7-6-11(15)8-10(12)3/h6-8H,4-5,9H2,1-3H3. The van der Waals surface area contributed by atoms with Crippen molar-refractivity contribution in [1.29, 1.82) is 0 Å². The first-order chi connectivity index (χ1) is 8.99. The summed E-state index contributed by atoms with van der Waals surface area (Å²) in [7, 11) is 0.